The molecule has 1 aromatic carbocycles. The summed E-state index contributed by atoms with van der Waals surface area (Å²) in [7, 11) is -3.33. The maximum Gasteiger partial charge on any atom is 0.306 e. The third-order valence-corrected chi connectivity index (χ3v) is 6.71. The lowest BCUT2D eigenvalue weighted by molar-refractivity contribution is -0.168. The van der Waals surface area contributed by atoms with Gasteiger partial charge in [0.2, 0.25) is 0 Å². The minimum Gasteiger partial charge on any atom is -0.481 e. The van der Waals surface area contributed by atoms with Crippen molar-refractivity contribution in [1.29, 1.82) is 0 Å². The SMILES string of the molecule is CCC(CS(=O)(=O)CC)N1C(=O)C(CC(=O)O)OCC1c1ccc(Cl)cc1. The first-order chi connectivity index (χ1) is 12.7. The van der Waals surface area contributed by atoms with Gasteiger partial charge in [0.05, 0.1) is 24.8 Å². The molecule has 1 N–H and O–H groups in total. The zero-order valence-electron chi connectivity index (χ0n) is 15.3. The Bertz CT molecular complexity index is 780. The van der Waals surface area contributed by atoms with Crippen LogP contribution in [0.4, 0.5) is 0 Å². The number of sulfone groups is 1. The molecule has 1 saturated heterocycles. The van der Waals surface area contributed by atoms with E-state index in [1.54, 1.807) is 31.2 Å². The molecule has 1 heterocycles. The number of carbonyl (C=O) groups is 2. The summed E-state index contributed by atoms with van der Waals surface area (Å²) in [6.07, 6.45) is -1.15. The molecule has 9 heteroatoms. The first-order valence-corrected chi connectivity index (χ1v) is 11.0. The normalized spacial score (nSPS) is 21.9. The van der Waals surface area contributed by atoms with Gasteiger partial charge in [0, 0.05) is 16.8 Å². The molecule has 150 valence electrons. The molecule has 0 aromatic heterocycles. The van der Waals surface area contributed by atoms with E-state index >= 15 is 0 Å². The summed E-state index contributed by atoms with van der Waals surface area (Å²) in [5.74, 6) is -1.84. The summed E-state index contributed by atoms with van der Waals surface area (Å²) in [6, 6.07) is 5.82. The molecule has 1 fully saturated rings. The largest absolute Gasteiger partial charge is 0.481 e. The quantitative estimate of drug-likeness (QED) is 0.696. The first kappa shape index (κ1) is 21.7. The van der Waals surface area contributed by atoms with Crippen LogP contribution < -0.4 is 0 Å². The zero-order chi connectivity index (χ0) is 20.2. The molecule has 0 bridgehead atoms. The lowest BCUT2D eigenvalue weighted by atomic mass is 9.99. The lowest BCUT2D eigenvalue weighted by Gasteiger charge is -2.43. The van der Waals surface area contributed by atoms with Gasteiger partial charge in [-0.1, -0.05) is 37.6 Å². The average Bonchev–Trinajstić information content (AvgIpc) is 2.62. The van der Waals surface area contributed by atoms with Crippen molar-refractivity contribution in [3.05, 3.63) is 34.9 Å². The highest BCUT2D eigenvalue weighted by Crippen LogP contribution is 2.32. The number of carbonyl (C=O) groups excluding carboxylic acids is 1. The van der Waals surface area contributed by atoms with Gasteiger partial charge in [-0.25, -0.2) is 8.42 Å². The molecule has 0 aliphatic carbocycles. The third-order valence-electron chi connectivity index (χ3n) is 4.69. The van der Waals surface area contributed by atoms with Crippen LogP contribution in [0, 0.1) is 0 Å². The topological polar surface area (TPSA) is 101 Å². The van der Waals surface area contributed by atoms with Gasteiger partial charge in [-0.2, -0.15) is 0 Å². The van der Waals surface area contributed by atoms with Crippen molar-refractivity contribution < 1.29 is 27.9 Å². The second-order valence-electron chi connectivity index (χ2n) is 6.49. The van der Waals surface area contributed by atoms with Crippen LogP contribution in [0.5, 0.6) is 0 Å². The number of halogens is 1. The first-order valence-electron chi connectivity index (χ1n) is 8.80. The maximum atomic E-state index is 13.0. The van der Waals surface area contributed by atoms with Crippen molar-refractivity contribution in [2.45, 2.75) is 44.9 Å². The van der Waals surface area contributed by atoms with Crippen molar-refractivity contribution >= 4 is 33.3 Å². The summed E-state index contributed by atoms with van der Waals surface area (Å²) in [5.41, 5.74) is 0.758. The van der Waals surface area contributed by atoms with Crippen LogP contribution in [0.2, 0.25) is 5.02 Å². The molecule has 0 spiro atoms. The van der Waals surface area contributed by atoms with Gasteiger partial charge in [-0.05, 0) is 24.1 Å². The highest BCUT2D eigenvalue weighted by Gasteiger charge is 2.42. The fourth-order valence-corrected chi connectivity index (χ4v) is 4.51. The number of hydrogen-bond donors (Lipinski definition) is 1. The van der Waals surface area contributed by atoms with Crippen molar-refractivity contribution in [2.75, 3.05) is 18.1 Å². The Morgan fingerprint density at radius 2 is 1.96 bits per heavy atom. The summed E-state index contributed by atoms with van der Waals surface area (Å²) in [5, 5.41) is 9.58. The minimum absolute atomic E-state index is 0.0216. The molecule has 27 heavy (non-hydrogen) atoms. The fourth-order valence-electron chi connectivity index (χ4n) is 3.17. The Morgan fingerprint density at radius 1 is 1.33 bits per heavy atom. The van der Waals surface area contributed by atoms with E-state index < -0.39 is 46.3 Å². The molecule has 1 aliphatic rings. The smallest absolute Gasteiger partial charge is 0.306 e. The van der Waals surface area contributed by atoms with Crippen LogP contribution >= 0.6 is 11.6 Å². The Kier molecular flexibility index (Phi) is 7.25. The number of rotatable bonds is 8. The molecule has 0 saturated carbocycles. The van der Waals surface area contributed by atoms with Gasteiger partial charge in [0.25, 0.3) is 5.91 Å². The van der Waals surface area contributed by atoms with E-state index in [9.17, 15) is 18.0 Å². The minimum atomic E-state index is -3.33. The predicted octanol–water partition coefficient (Wildman–Crippen LogP) is 2.30. The molecular formula is C18H24ClNO6S. The van der Waals surface area contributed by atoms with Crippen molar-refractivity contribution in [3.63, 3.8) is 0 Å². The van der Waals surface area contributed by atoms with Crippen molar-refractivity contribution in [1.82, 2.24) is 4.90 Å². The average molecular weight is 418 g/mol. The standard InChI is InChI=1S/C18H24ClNO6S/c1-3-14(11-27(24,25)4-2)20-15(12-5-7-13(19)8-6-12)10-26-16(18(20)23)9-17(21)22/h5-8,14-16H,3-4,9-11H2,1-2H3,(H,21,22). The number of amides is 1. The number of morpholine rings is 1. The van der Waals surface area contributed by atoms with Gasteiger partial charge in [-0.3, -0.25) is 9.59 Å². The molecule has 7 nitrogen and oxygen atoms in total. The molecule has 2 rings (SSSR count). The summed E-state index contributed by atoms with van der Waals surface area (Å²) in [6.45, 7) is 3.46. The van der Waals surface area contributed by atoms with E-state index in [1.165, 1.54) is 4.90 Å². The van der Waals surface area contributed by atoms with Crippen LogP contribution in [-0.2, 0) is 24.2 Å². The predicted molar refractivity (Wildman–Crippen MR) is 101 cm³/mol. The second-order valence-corrected chi connectivity index (χ2v) is 9.33. The van der Waals surface area contributed by atoms with Gasteiger partial charge >= 0.3 is 5.97 Å². The summed E-state index contributed by atoms with van der Waals surface area (Å²) < 4.78 is 29.9. The monoisotopic (exact) mass is 417 g/mol. The molecule has 1 aromatic rings. The Balaban J connectivity index is 2.40. The van der Waals surface area contributed by atoms with Crippen LogP contribution in [0.15, 0.2) is 24.3 Å². The van der Waals surface area contributed by atoms with Crippen LogP contribution in [0.1, 0.15) is 38.3 Å². The number of benzene rings is 1. The number of ether oxygens (including phenoxy) is 1. The second kappa shape index (κ2) is 9.03. The van der Waals surface area contributed by atoms with Gasteiger partial charge in [-0.15, -0.1) is 0 Å². The Morgan fingerprint density at radius 3 is 2.48 bits per heavy atom. The van der Waals surface area contributed by atoms with Gasteiger partial charge < -0.3 is 14.7 Å². The van der Waals surface area contributed by atoms with E-state index in [-0.39, 0.29) is 18.1 Å². The molecule has 3 atom stereocenters. The third kappa shape index (κ3) is 5.43. The Hall–Kier alpha value is -1.64. The molecule has 1 aliphatic heterocycles. The molecule has 3 unspecified atom stereocenters. The molecule has 1 amide bonds. The lowest BCUT2D eigenvalue weighted by Crippen LogP contribution is -2.55. The maximum absolute atomic E-state index is 13.0. The van der Waals surface area contributed by atoms with E-state index in [0.717, 1.165) is 5.56 Å². The molecule has 0 radical (unpaired) electrons. The summed E-state index contributed by atoms with van der Waals surface area (Å²) >= 11 is 5.94. The highest BCUT2D eigenvalue weighted by molar-refractivity contribution is 7.91. The highest BCUT2D eigenvalue weighted by atomic mass is 35.5. The van der Waals surface area contributed by atoms with Gasteiger partial charge in [0.15, 0.2) is 9.84 Å². The summed E-state index contributed by atoms with van der Waals surface area (Å²) in [4.78, 5) is 25.6. The number of carboxylic acids is 1. The van der Waals surface area contributed by atoms with Crippen molar-refractivity contribution in [3.8, 4) is 0 Å². The van der Waals surface area contributed by atoms with E-state index in [4.69, 9.17) is 21.4 Å². The Labute approximate surface area is 164 Å². The van der Waals surface area contributed by atoms with E-state index in [1.807, 2.05) is 6.92 Å². The number of nitrogens with zero attached hydrogens (tertiary/aromatic N) is 1. The van der Waals surface area contributed by atoms with Crippen LogP contribution in [0.3, 0.4) is 0 Å². The number of carboxylic acid groups (broad SMARTS) is 1. The van der Waals surface area contributed by atoms with Crippen LogP contribution in [0.25, 0.3) is 0 Å². The van der Waals surface area contributed by atoms with E-state index in [0.29, 0.717) is 11.4 Å². The fraction of sp³-hybridized carbons (Fsp3) is 0.556. The zero-order valence-corrected chi connectivity index (χ0v) is 16.9. The number of aliphatic carboxylic acids is 1. The van der Waals surface area contributed by atoms with E-state index in [2.05, 4.69) is 0 Å². The number of hydrogen-bond acceptors (Lipinski definition) is 5. The van der Waals surface area contributed by atoms with Gasteiger partial charge in [0.1, 0.15) is 6.10 Å². The molecular weight excluding hydrogens is 394 g/mol. The van der Waals surface area contributed by atoms with Crippen LogP contribution in [-0.4, -0.2) is 60.6 Å². The van der Waals surface area contributed by atoms with Crippen molar-refractivity contribution in [2.24, 2.45) is 0 Å².